The lowest BCUT2D eigenvalue weighted by atomic mass is 10.0. The number of unbranched alkanes of at least 4 members (excludes halogenated alkanes) is 34. The molecule has 0 radical (unpaired) electrons. The highest BCUT2D eigenvalue weighted by Gasteiger charge is 2.19. The Hall–Kier alpha value is -2.63. The highest BCUT2D eigenvalue weighted by Crippen LogP contribution is 2.17. The standard InChI is InChI=1S/C61H110O6/c1-4-7-10-13-16-19-22-25-28-29-30-31-34-36-39-42-45-48-51-54-60(63)66-57-58(67-61(64)55-52-49-46-43-40-37-33-27-24-21-18-15-12-9-6-3)56-65-59(62)53-50-47-44-41-38-35-32-26-23-20-17-14-11-8-5-2/h8,11,17,20-21,24,26,32,58H,4-7,9-10,12-16,18-19,22-23,25,27-31,33-57H2,1-3H3/b11-8-,20-17-,24-21-,32-26-/t58-/m1/s1. The maximum absolute atomic E-state index is 12.8. The van der Waals surface area contributed by atoms with Gasteiger partial charge in [-0.05, 0) is 77.0 Å². The molecule has 0 spiro atoms. The van der Waals surface area contributed by atoms with Gasteiger partial charge >= 0.3 is 17.9 Å². The summed E-state index contributed by atoms with van der Waals surface area (Å²) in [7, 11) is 0. The lowest BCUT2D eigenvalue weighted by molar-refractivity contribution is -0.167. The molecular formula is C61H110O6. The summed E-state index contributed by atoms with van der Waals surface area (Å²) in [4.78, 5) is 38.2. The van der Waals surface area contributed by atoms with Gasteiger partial charge in [-0.3, -0.25) is 14.4 Å². The maximum Gasteiger partial charge on any atom is 0.306 e. The van der Waals surface area contributed by atoms with Crippen molar-refractivity contribution in [3.63, 3.8) is 0 Å². The summed E-state index contributed by atoms with van der Waals surface area (Å²) in [6, 6.07) is 0. The average molecular weight is 940 g/mol. The zero-order valence-electron chi connectivity index (χ0n) is 44.7. The number of esters is 3. The van der Waals surface area contributed by atoms with Crippen LogP contribution in [0.3, 0.4) is 0 Å². The van der Waals surface area contributed by atoms with Gasteiger partial charge in [-0.1, -0.05) is 256 Å². The molecule has 0 unspecified atom stereocenters. The summed E-state index contributed by atoms with van der Waals surface area (Å²) in [6.45, 7) is 6.54. The van der Waals surface area contributed by atoms with Gasteiger partial charge in [0.15, 0.2) is 6.10 Å². The third kappa shape index (κ3) is 54.2. The third-order valence-electron chi connectivity index (χ3n) is 12.8. The Labute approximate surface area is 416 Å². The molecule has 0 saturated heterocycles. The molecule has 390 valence electrons. The van der Waals surface area contributed by atoms with Gasteiger partial charge < -0.3 is 14.2 Å². The van der Waals surface area contributed by atoms with Crippen molar-refractivity contribution in [2.75, 3.05) is 13.2 Å². The maximum atomic E-state index is 12.8. The molecule has 0 bridgehead atoms. The SMILES string of the molecule is CC/C=C\C/C=C\C/C=C\CCCCCCCC(=O)OC[C@H](COC(=O)CCCCCCCCCCCCCCCCCCCCC)OC(=O)CCCCCCCCC/C=C\CCCCCC. The topological polar surface area (TPSA) is 78.9 Å². The van der Waals surface area contributed by atoms with E-state index in [1.807, 2.05) is 0 Å². The molecular weight excluding hydrogens is 829 g/mol. The minimum Gasteiger partial charge on any atom is -0.462 e. The first-order valence-corrected chi connectivity index (χ1v) is 29.1. The quantitative estimate of drug-likeness (QED) is 0.0262. The molecule has 0 aliphatic rings. The number of carbonyl (C=O) groups is 3. The summed E-state index contributed by atoms with van der Waals surface area (Å²) in [5.41, 5.74) is 0. The highest BCUT2D eigenvalue weighted by molar-refractivity contribution is 5.71. The van der Waals surface area contributed by atoms with Crippen molar-refractivity contribution in [2.45, 2.75) is 309 Å². The van der Waals surface area contributed by atoms with Gasteiger partial charge in [0.2, 0.25) is 0 Å². The Morgan fingerprint density at radius 3 is 0.940 bits per heavy atom. The Balaban J connectivity index is 4.35. The van der Waals surface area contributed by atoms with Gasteiger partial charge in [0.05, 0.1) is 0 Å². The molecule has 0 saturated carbocycles. The highest BCUT2D eigenvalue weighted by atomic mass is 16.6. The van der Waals surface area contributed by atoms with E-state index in [0.717, 1.165) is 96.3 Å². The number of hydrogen-bond donors (Lipinski definition) is 0. The van der Waals surface area contributed by atoms with Gasteiger partial charge in [-0.25, -0.2) is 0 Å². The summed E-state index contributed by atoms with van der Waals surface area (Å²) in [5.74, 6) is -0.884. The van der Waals surface area contributed by atoms with Crippen molar-refractivity contribution in [3.8, 4) is 0 Å². The van der Waals surface area contributed by atoms with E-state index in [2.05, 4.69) is 69.4 Å². The molecule has 6 nitrogen and oxygen atoms in total. The van der Waals surface area contributed by atoms with Crippen LogP contribution in [0.1, 0.15) is 303 Å². The second-order valence-electron chi connectivity index (χ2n) is 19.5. The van der Waals surface area contributed by atoms with Gasteiger partial charge in [0.1, 0.15) is 13.2 Å². The van der Waals surface area contributed by atoms with Crippen LogP contribution in [0.4, 0.5) is 0 Å². The van der Waals surface area contributed by atoms with Gasteiger partial charge in [-0.2, -0.15) is 0 Å². The van der Waals surface area contributed by atoms with Crippen LogP contribution < -0.4 is 0 Å². The molecule has 0 aromatic heterocycles. The largest absolute Gasteiger partial charge is 0.462 e. The first kappa shape index (κ1) is 64.4. The second-order valence-corrected chi connectivity index (χ2v) is 19.5. The number of allylic oxidation sites excluding steroid dienone is 8. The fourth-order valence-corrected chi connectivity index (χ4v) is 8.45. The second kappa shape index (κ2) is 56.0. The number of hydrogen-bond acceptors (Lipinski definition) is 6. The van der Waals surface area contributed by atoms with Crippen LogP contribution in [0.5, 0.6) is 0 Å². The third-order valence-corrected chi connectivity index (χ3v) is 12.8. The molecule has 0 rings (SSSR count). The zero-order chi connectivity index (χ0) is 48.6. The van der Waals surface area contributed by atoms with Gasteiger partial charge in [-0.15, -0.1) is 0 Å². The van der Waals surface area contributed by atoms with Crippen LogP contribution in [0.2, 0.25) is 0 Å². The Morgan fingerprint density at radius 1 is 0.313 bits per heavy atom. The van der Waals surface area contributed by atoms with E-state index in [0.29, 0.717) is 19.3 Å². The van der Waals surface area contributed by atoms with E-state index >= 15 is 0 Å². The molecule has 1 atom stereocenters. The molecule has 0 fully saturated rings. The molecule has 0 heterocycles. The fraction of sp³-hybridized carbons (Fsp3) is 0.820. The number of carbonyl (C=O) groups excluding carboxylic acids is 3. The lowest BCUT2D eigenvalue weighted by Gasteiger charge is -2.18. The van der Waals surface area contributed by atoms with Crippen LogP contribution in [-0.4, -0.2) is 37.2 Å². The van der Waals surface area contributed by atoms with E-state index in [1.165, 1.54) is 167 Å². The molecule has 67 heavy (non-hydrogen) atoms. The minimum atomic E-state index is -0.780. The van der Waals surface area contributed by atoms with E-state index < -0.39 is 6.10 Å². The van der Waals surface area contributed by atoms with E-state index in [-0.39, 0.29) is 31.1 Å². The smallest absolute Gasteiger partial charge is 0.306 e. The van der Waals surface area contributed by atoms with Crippen LogP contribution in [0.25, 0.3) is 0 Å². The predicted molar refractivity (Wildman–Crippen MR) is 289 cm³/mol. The Bertz CT molecular complexity index is 1170. The molecule has 6 heteroatoms. The summed E-state index contributed by atoms with van der Waals surface area (Å²) in [6.07, 6.45) is 68.2. The predicted octanol–water partition coefficient (Wildman–Crippen LogP) is 19.4. The number of rotatable bonds is 53. The van der Waals surface area contributed by atoms with Crippen molar-refractivity contribution >= 4 is 17.9 Å². The minimum absolute atomic E-state index is 0.0773. The van der Waals surface area contributed by atoms with Crippen molar-refractivity contribution in [3.05, 3.63) is 48.6 Å². The normalized spacial score (nSPS) is 12.3. The molecule has 0 aromatic carbocycles. The van der Waals surface area contributed by atoms with Gasteiger partial charge in [0.25, 0.3) is 0 Å². The van der Waals surface area contributed by atoms with Crippen LogP contribution in [-0.2, 0) is 28.6 Å². The monoisotopic (exact) mass is 939 g/mol. The first-order valence-electron chi connectivity index (χ1n) is 29.1. The Morgan fingerprint density at radius 2 is 0.582 bits per heavy atom. The summed E-state index contributed by atoms with van der Waals surface area (Å²) < 4.78 is 16.9. The molecule has 0 aliphatic heterocycles. The van der Waals surface area contributed by atoms with Crippen molar-refractivity contribution in [1.29, 1.82) is 0 Å². The van der Waals surface area contributed by atoms with Crippen molar-refractivity contribution < 1.29 is 28.6 Å². The molecule has 0 aliphatic carbocycles. The van der Waals surface area contributed by atoms with Gasteiger partial charge in [0, 0.05) is 19.3 Å². The number of ether oxygens (including phenoxy) is 3. The van der Waals surface area contributed by atoms with Crippen molar-refractivity contribution in [2.24, 2.45) is 0 Å². The summed E-state index contributed by atoms with van der Waals surface area (Å²) >= 11 is 0. The zero-order valence-corrected chi connectivity index (χ0v) is 44.7. The molecule has 0 amide bonds. The lowest BCUT2D eigenvalue weighted by Crippen LogP contribution is -2.30. The Kier molecular flexibility index (Phi) is 53.8. The molecule has 0 N–H and O–H groups in total. The first-order chi connectivity index (χ1) is 33.0. The fourth-order valence-electron chi connectivity index (χ4n) is 8.45. The van der Waals surface area contributed by atoms with Crippen molar-refractivity contribution in [1.82, 2.24) is 0 Å². The molecule has 0 aromatic rings. The van der Waals surface area contributed by atoms with E-state index in [4.69, 9.17) is 14.2 Å². The van der Waals surface area contributed by atoms with E-state index in [1.54, 1.807) is 0 Å². The van der Waals surface area contributed by atoms with E-state index in [9.17, 15) is 14.4 Å². The average Bonchev–Trinajstić information content (AvgIpc) is 3.33. The van der Waals surface area contributed by atoms with Crippen LogP contribution >= 0.6 is 0 Å². The summed E-state index contributed by atoms with van der Waals surface area (Å²) in [5, 5.41) is 0. The van der Waals surface area contributed by atoms with Crippen LogP contribution in [0.15, 0.2) is 48.6 Å². The van der Waals surface area contributed by atoms with Crippen LogP contribution in [0, 0.1) is 0 Å².